The number of aryl methyl sites for hydroxylation is 1. The van der Waals surface area contributed by atoms with Crippen molar-refractivity contribution in [2.45, 2.75) is 19.9 Å². The molecule has 0 bridgehead atoms. The Morgan fingerprint density at radius 1 is 1.29 bits per heavy atom. The second-order valence-electron chi connectivity index (χ2n) is 3.44. The molecule has 0 saturated carbocycles. The van der Waals surface area contributed by atoms with Crippen LogP contribution in [0.25, 0.3) is 0 Å². The quantitative estimate of drug-likeness (QED) is 0.912. The van der Waals surface area contributed by atoms with Crippen molar-refractivity contribution in [3.8, 4) is 0 Å². The van der Waals surface area contributed by atoms with Crippen molar-refractivity contribution in [1.82, 2.24) is 10.2 Å². The monoisotopic (exact) mass is 255 g/mol. The average Bonchev–Trinajstić information content (AvgIpc) is 2.76. The molecule has 1 N–H and O–H groups in total. The van der Waals surface area contributed by atoms with Crippen LogP contribution in [0.3, 0.4) is 0 Å². The number of hydrogen-bond donors (Lipinski definition) is 1. The number of rotatable bonds is 4. The van der Waals surface area contributed by atoms with E-state index in [0.29, 0.717) is 10.7 Å². The molecule has 17 heavy (non-hydrogen) atoms. The predicted molar refractivity (Wildman–Crippen MR) is 63.0 cm³/mol. The Labute approximate surface area is 102 Å². The van der Waals surface area contributed by atoms with E-state index in [0.717, 1.165) is 17.5 Å². The maximum atomic E-state index is 13.3. The van der Waals surface area contributed by atoms with Gasteiger partial charge in [-0.1, -0.05) is 24.3 Å². The van der Waals surface area contributed by atoms with Gasteiger partial charge in [0.05, 0.1) is 0 Å². The minimum absolute atomic E-state index is 0.268. The molecular weight excluding hydrogens is 244 g/mol. The van der Waals surface area contributed by atoms with Crippen molar-refractivity contribution in [3.05, 3.63) is 40.4 Å². The van der Waals surface area contributed by atoms with Crippen molar-refractivity contribution in [3.63, 3.8) is 0 Å². The standard InChI is InChI=1S/C11H11F2N3S/c1-2-10-15-16-11(17-10)14-6-7-3-4-8(12)5-9(7)13/h3-5H,2,6H2,1H3,(H,14,16). The fourth-order valence-electron chi connectivity index (χ4n) is 1.30. The first kappa shape index (κ1) is 11.9. The summed E-state index contributed by atoms with van der Waals surface area (Å²) < 4.78 is 26.0. The fraction of sp³-hybridized carbons (Fsp3) is 0.273. The third kappa shape index (κ3) is 2.97. The Morgan fingerprint density at radius 3 is 2.76 bits per heavy atom. The third-order valence-electron chi connectivity index (χ3n) is 2.21. The molecule has 6 heteroatoms. The lowest BCUT2D eigenvalue weighted by atomic mass is 10.2. The molecule has 1 heterocycles. The fourth-order valence-corrected chi connectivity index (χ4v) is 1.98. The maximum Gasteiger partial charge on any atom is 0.205 e. The van der Waals surface area contributed by atoms with Gasteiger partial charge in [-0.15, -0.1) is 10.2 Å². The van der Waals surface area contributed by atoms with E-state index in [1.165, 1.54) is 23.5 Å². The molecule has 0 atom stereocenters. The first-order valence-electron chi connectivity index (χ1n) is 5.19. The summed E-state index contributed by atoms with van der Waals surface area (Å²) >= 11 is 1.43. The Hall–Kier alpha value is -1.56. The predicted octanol–water partition coefficient (Wildman–Crippen LogP) is 2.99. The van der Waals surface area contributed by atoms with Crippen LogP contribution in [-0.2, 0) is 13.0 Å². The minimum Gasteiger partial charge on any atom is -0.356 e. The highest BCUT2D eigenvalue weighted by Gasteiger charge is 2.05. The lowest BCUT2D eigenvalue weighted by molar-refractivity contribution is 0.574. The molecule has 0 spiro atoms. The van der Waals surface area contributed by atoms with Gasteiger partial charge in [0.2, 0.25) is 5.13 Å². The summed E-state index contributed by atoms with van der Waals surface area (Å²) in [7, 11) is 0. The number of nitrogens with one attached hydrogen (secondary N) is 1. The number of benzene rings is 1. The number of aromatic nitrogens is 2. The number of anilines is 1. The van der Waals surface area contributed by atoms with E-state index in [4.69, 9.17) is 0 Å². The smallest absolute Gasteiger partial charge is 0.205 e. The van der Waals surface area contributed by atoms with Gasteiger partial charge >= 0.3 is 0 Å². The van der Waals surface area contributed by atoms with Gasteiger partial charge in [0.15, 0.2) is 0 Å². The summed E-state index contributed by atoms with van der Waals surface area (Å²) in [6.45, 7) is 2.26. The van der Waals surface area contributed by atoms with Crippen LogP contribution >= 0.6 is 11.3 Å². The Balaban J connectivity index is 2.02. The van der Waals surface area contributed by atoms with Crippen LogP contribution in [0, 0.1) is 11.6 Å². The van der Waals surface area contributed by atoms with Gasteiger partial charge in [0.25, 0.3) is 0 Å². The van der Waals surface area contributed by atoms with E-state index in [2.05, 4.69) is 15.5 Å². The average molecular weight is 255 g/mol. The van der Waals surface area contributed by atoms with E-state index in [9.17, 15) is 8.78 Å². The first-order chi connectivity index (χ1) is 8.19. The largest absolute Gasteiger partial charge is 0.356 e. The van der Waals surface area contributed by atoms with Crippen molar-refractivity contribution in [1.29, 1.82) is 0 Å². The Morgan fingerprint density at radius 2 is 2.12 bits per heavy atom. The molecule has 2 rings (SSSR count). The van der Waals surface area contributed by atoms with Gasteiger partial charge in [-0.05, 0) is 12.5 Å². The van der Waals surface area contributed by atoms with E-state index in [1.807, 2.05) is 6.92 Å². The molecule has 0 aliphatic heterocycles. The maximum absolute atomic E-state index is 13.3. The highest BCUT2D eigenvalue weighted by molar-refractivity contribution is 7.15. The van der Waals surface area contributed by atoms with Crippen molar-refractivity contribution in [2.75, 3.05) is 5.32 Å². The Kier molecular flexibility index (Phi) is 3.63. The molecule has 1 aromatic heterocycles. The zero-order valence-electron chi connectivity index (χ0n) is 9.20. The molecule has 90 valence electrons. The van der Waals surface area contributed by atoms with Crippen LogP contribution in [0.1, 0.15) is 17.5 Å². The van der Waals surface area contributed by atoms with Gasteiger partial charge in [0, 0.05) is 18.2 Å². The number of nitrogens with zero attached hydrogens (tertiary/aromatic N) is 2. The number of halogens is 2. The Bertz CT molecular complexity index is 513. The molecule has 0 aliphatic carbocycles. The summed E-state index contributed by atoms with van der Waals surface area (Å²) in [4.78, 5) is 0. The van der Waals surface area contributed by atoms with E-state index in [-0.39, 0.29) is 6.54 Å². The summed E-state index contributed by atoms with van der Waals surface area (Å²) in [5.74, 6) is -1.13. The second-order valence-corrected chi connectivity index (χ2v) is 4.51. The van der Waals surface area contributed by atoms with Crippen LogP contribution in [0.5, 0.6) is 0 Å². The molecule has 0 fully saturated rings. The van der Waals surface area contributed by atoms with Gasteiger partial charge < -0.3 is 5.32 Å². The van der Waals surface area contributed by atoms with Crippen LogP contribution in [0.2, 0.25) is 0 Å². The van der Waals surface area contributed by atoms with E-state index < -0.39 is 11.6 Å². The summed E-state index contributed by atoms with van der Waals surface area (Å²) in [5.41, 5.74) is 0.402. The van der Waals surface area contributed by atoms with E-state index >= 15 is 0 Å². The van der Waals surface area contributed by atoms with Crippen molar-refractivity contribution in [2.24, 2.45) is 0 Å². The molecule has 0 saturated heterocycles. The molecule has 1 aromatic carbocycles. The lowest BCUT2D eigenvalue weighted by Crippen LogP contribution is -2.01. The number of hydrogen-bond acceptors (Lipinski definition) is 4. The molecule has 0 radical (unpaired) electrons. The van der Waals surface area contributed by atoms with Crippen LogP contribution in [0.4, 0.5) is 13.9 Å². The zero-order chi connectivity index (χ0) is 12.3. The highest BCUT2D eigenvalue weighted by Crippen LogP contribution is 2.17. The second kappa shape index (κ2) is 5.18. The third-order valence-corrected chi connectivity index (χ3v) is 3.24. The molecule has 0 unspecified atom stereocenters. The molecule has 0 aliphatic rings. The van der Waals surface area contributed by atoms with Crippen molar-refractivity contribution < 1.29 is 8.78 Å². The van der Waals surface area contributed by atoms with Gasteiger partial charge in [-0.2, -0.15) is 0 Å². The SMILES string of the molecule is CCc1nnc(NCc2ccc(F)cc2F)s1. The minimum atomic E-state index is -0.574. The topological polar surface area (TPSA) is 37.8 Å². The molecule has 0 amide bonds. The van der Waals surface area contributed by atoms with Crippen molar-refractivity contribution >= 4 is 16.5 Å². The van der Waals surface area contributed by atoms with Gasteiger partial charge in [-0.3, -0.25) is 0 Å². The van der Waals surface area contributed by atoms with Crippen LogP contribution in [0.15, 0.2) is 18.2 Å². The summed E-state index contributed by atoms with van der Waals surface area (Å²) in [6, 6.07) is 3.52. The van der Waals surface area contributed by atoms with Crippen LogP contribution < -0.4 is 5.32 Å². The summed E-state index contributed by atoms with van der Waals surface area (Å²) in [5, 5.41) is 12.4. The lowest BCUT2D eigenvalue weighted by Gasteiger charge is -2.03. The molecule has 3 nitrogen and oxygen atoms in total. The molecular formula is C11H11F2N3S. The van der Waals surface area contributed by atoms with E-state index in [1.54, 1.807) is 0 Å². The normalized spacial score (nSPS) is 10.5. The van der Waals surface area contributed by atoms with Gasteiger partial charge in [-0.25, -0.2) is 8.78 Å². The van der Waals surface area contributed by atoms with Gasteiger partial charge in [0.1, 0.15) is 16.6 Å². The molecule has 2 aromatic rings. The zero-order valence-corrected chi connectivity index (χ0v) is 10.0. The first-order valence-corrected chi connectivity index (χ1v) is 6.01. The summed E-state index contributed by atoms with van der Waals surface area (Å²) in [6.07, 6.45) is 0.824. The highest BCUT2D eigenvalue weighted by atomic mass is 32.1. The van der Waals surface area contributed by atoms with Crippen LogP contribution in [-0.4, -0.2) is 10.2 Å².